The summed E-state index contributed by atoms with van der Waals surface area (Å²) < 4.78 is 13.7. The number of halogens is 1. The number of allylic oxidation sites excluding steroid dienone is 4. The molecule has 0 heterocycles. The van der Waals surface area contributed by atoms with Gasteiger partial charge in [-0.05, 0) is 67.7 Å². The number of hydrogen-bond acceptors (Lipinski definition) is 0. The fraction of sp³-hybridized carbons (Fsp3) is 0.500. The van der Waals surface area contributed by atoms with Gasteiger partial charge < -0.3 is 0 Å². The summed E-state index contributed by atoms with van der Waals surface area (Å²) >= 11 is 0. The lowest BCUT2D eigenvalue weighted by molar-refractivity contribution is 0.348. The Balaban J connectivity index is 1.96. The minimum Gasteiger partial charge on any atom is -0.207 e. The van der Waals surface area contributed by atoms with E-state index in [1.807, 2.05) is 6.92 Å². The summed E-state index contributed by atoms with van der Waals surface area (Å²) in [7, 11) is 0. The monoisotopic (exact) mass is 286 g/mol. The van der Waals surface area contributed by atoms with Crippen molar-refractivity contribution in [3.63, 3.8) is 0 Å². The molecule has 1 fully saturated rings. The third kappa shape index (κ3) is 4.56. The first-order valence-electron chi connectivity index (χ1n) is 8.18. The minimum absolute atomic E-state index is 0.108. The Bertz CT molecular complexity index is 499. The third-order valence-electron chi connectivity index (χ3n) is 4.79. The molecular weight excluding hydrogens is 259 g/mol. The van der Waals surface area contributed by atoms with Crippen molar-refractivity contribution in [2.24, 2.45) is 5.92 Å². The van der Waals surface area contributed by atoms with Crippen LogP contribution in [0.5, 0.6) is 0 Å². The molecule has 0 atom stereocenters. The summed E-state index contributed by atoms with van der Waals surface area (Å²) in [6.07, 6.45) is 9.47. The van der Waals surface area contributed by atoms with Gasteiger partial charge in [0.1, 0.15) is 5.83 Å². The van der Waals surface area contributed by atoms with Crippen LogP contribution in [0.15, 0.2) is 47.8 Å². The Morgan fingerprint density at radius 3 is 2.33 bits per heavy atom. The van der Waals surface area contributed by atoms with Gasteiger partial charge in [-0.3, -0.25) is 0 Å². The van der Waals surface area contributed by atoms with E-state index in [9.17, 15) is 4.39 Å². The summed E-state index contributed by atoms with van der Waals surface area (Å²) in [6, 6.07) is 8.79. The molecule has 21 heavy (non-hydrogen) atoms. The molecule has 1 aliphatic carbocycles. The lowest BCUT2D eigenvalue weighted by atomic mass is 9.79. The van der Waals surface area contributed by atoms with Crippen LogP contribution in [-0.4, -0.2) is 0 Å². The molecule has 0 amide bonds. The van der Waals surface area contributed by atoms with Crippen LogP contribution in [0, 0.1) is 5.92 Å². The molecule has 1 heteroatoms. The van der Waals surface area contributed by atoms with Crippen LogP contribution in [0.1, 0.15) is 63.5 Å². The third-order valence-corrected chi connectivity index (χ3v) is 4.79. The Morgan fingerprint density at radius 2 is 1.76 bits per heavy atom. The SMILES string of the molecule is C/C=C(C)\C(F)=C/Cc1ccc(C2CCC(C)CC2)cc1. The van der Waals surface area contributed by atoms with E-state index in [2.05, 4.69) is 31.2 Å². The minimum atomic E-state index is -0.108. The Morgan fingerprint density at radius 1 is 1.14 bits per heavy atom. The molecule has 0 unspecified atom stereocenters. The van der Waals surface area contributed by atoms with Gasteiger partial charge in [-0.2, -0.15) is 0 Å². The summed E-state index contributed by atoms with van der Waals surface area (Å²) in [4.78, 5) is 0. The summed E-state index contributed by atoms with van der Waals surface area (Å²) in [5, 5.41) is 0. The van der Waals surface area contributed by atoms with Crippen LogP contribution in [0.2, 0.25) is 0 Å². The summed E-state index contributed by atoms with van der Waals surface area (Å²) in [5.41, 5.74) is 3.35. The lowest BCUT2D eigenvalue weighted by Crippen LogP contribution is -2.10. The normalized spacial score (nSPS) is 24.2. The molecule has 114 valence electrons. The van der Waals surface area contributed by atoms with Gasteiger partial charge >= 0.3 is 0 Å². The number of benzene rings is 1. The van der Waals surface area contributed by atoms with Crippen molar-refractivity contribution in [2.45, 2.75) is 58.8 Å². The highest BCUT2D eigenvalue weighted by Gasteiger charge is 2.19. The van der Waals surface area contributed by atoms with Crippen molar-refractivity contribution in [3.05, 3.63) is 58.9 Å². The highest BCUT2D eigenvalue weighted by Crippen LogP contribution is 2.35. The second kappa shape index (κ2) is 7.59. The van der Waals surface area contributed by atoms with Crippen LogP contribution >= 0.6 is 0 Å². The fourth-order valence-corrected chi connectivity index (χ4v) is 3.03. The van der Waals surface area contributed by atoms with Crippen LogP contribution < -0.4 is 0 Å². The maximum absolute atomic E-state index is 13.7. The molecule has 0 spiro atoms. The van der Waals surface area contributed by atoms with Gasteiger partial charge in [0.2, 0.25) is 0 Å². The van der Waals surface area contributed by atoms with Gasteiger partial charge in [0.15, 0.2) is 0 Å². The van der Waals surface area contributed by atoms with Crippen LogP contribution in [0.25, 0.3) is 0 Å². The first-order chi connectivity index (χ1) is 10.1. The lowest BCUT2D eigenvalue weighted by Gasteiger charge is -2.26. The maximum atomic E-state index is 13.7. The molecule has 0 saturated heterocycles. The van der Waals surface area contributed by atoms with Gasteiger partial charge in [0.25, 0.3) is 0 Å². The van der Waals surface area contributed by atoms with E-state index in [0.717, 1.165) is 11.8 Å². The molecule has 0 N–H and O–H groups in total. The van der Waals surface area contributed by atoms with Gasteiger partial charge in [-0.1, -0.05) is 50.1 Å². The molecule has 1 aromatic carbocycles. The van der Waals surface area contributed by atoms with Crippen molar-refractivity contribution in [1.29, 1.82) is 0 Å². The molecule has 2 rings (SSSR count). The van der Waals surface area contributed by atoms with E-state index in [0.29, 0.717) is 12.0 Å². The predicted octanol–water partition coefficient (Wildman–Crippen LogP) is 6.34. The molecule has 0 aliphatic heterocycles. The molecule has 0 radical (unpaired) electrons. The Labute approximate surface area is 128 Å². The van der Waals surface area contributed by atoms with Crippen LogP contribution in [-0.2, 0) is 6.42 Å². The van der Waals surface area contributed by atoms with Crippen molar-refractivity contribution in [2.75, 3.05) is 0 Å². The molecular formula is C20H27F. The summed E-state index contributed by atoms with van der Waals surface area (Å²) in [5.74, 6) is 1.51. The standard InChI is InChI=1S/C20H27F/c1-4-16(3)20(21)14-9-17-7-12-19(13-8-17)18-10-5-15(2)6-11-18/h4,7-8,12-15,18H,5-6,9-11H2,1-3H3/b16-4-,20-14+. The second-order valence-corrected chi connectivity index (χ2v) is 6.43. The Kier molecular flexibility index (Phi) is 5.78. The average molecular weight is 286 g/mol. The zero-order chi connectivity index (χ0) is 15.2. The first kappa shape index (κ1) is 16.0. The Hall–Kier alpha value is -1.37. The largest absolute Gasteiger partial charge is 0.207 e. The molecule has 0 nitrogen and oxygen atoms in total. The van der Waals surface area contributed by atoms with E-state index >= 15 is 0 Å². The van der Waals surface area contributed by atoms with Crippen LogP contribution in [0.3, 0.4) is 0 Å². The van der Waals surface area contributed by atoms with Gasteiger partial charge in [0, 0.05) is 0 Å². The predicted molar refractivity (Wildman–Crippen MR) is 89.1 cm³/mol. The van der Waals surface area contributed by atoms with Crippen molar-refractivity contribution in [3.8, 4) is 0 Å². The quantitative estimate of drug-likeness (QED) is 0.566. The first-order valence-corrected chi connectivity index (χ1v) is 8.18. The summed E-state index contributed by atoms with van der Waals surface area (Å²) in [6.45, 7) is 6.02. The number of rotatable bonds is 4. The van der Waals surface area contributed by atoms with Crippen LogP contribution in [0.4, 0.5) is 4.39 Å². The van der Waals surface area contributed by atoms with Gasteiger partial charge in [0.05, 0.1) is 0 Å². The molecule has 0 bridgehead atoms. The smallest absolute Gasteiger partial charge is 0.122 e. The molecule has 1 aliphatic rings. The molecule has 0 aromatic heterocycles. The topological polar surface area (TPSA) is 0 Å². The van der Waals surface area contributed by atoms with E-state index in [1.165, 1.54) is 36.8 Å². The highest BCUT2D eigenvalue weighted by molar-refractivity contribution is 5.29. The van der Waals surface area contributed by atoms with E-state index in [-0.39, 0.29) is 5.83 Å². The number of hydrogen-bond donors (Lipinski definition) is 0. The van der Waals surface area contributed by atoms with Crippen molar-refractivity contribution >= 4 is 0 Å². The molecule has 1 saturated carbocycles. The fourth-order valence-electron chi connectivity index (χ4n) is 3.03. The van der Waals surface area contributed by atoms with E-state index < -0.39 is 0 Å². The average Bonchev–Trinajstić information content (AvgIpc) is 2.53. The zero-order valence-corrected chi connectivity index (χ0v) is 13.5. The van der Waals surface area contributed by atoms with Crippen molar-refractivity contribution < 1.29 is 4.39 Å². The molecule has 1 aromatic rings. The second-order valence-electron chi connectivity index (χ2n) is 6.43. The van der Waals surface area contributed by atoms with E-state index in [4.69, 9.17) is 0 Å². The highest BCUT2D eigenvalue weighted by atomic mass is 19.1. The van der Waals surface area contributed by atoms with Gasteiger partial charge in [-0.25, -0.2) is 4.39 Å². The van der Waals surface area contributed by atoms with Crippen molar-refractivity contribution in [1.82, 2.24) is 0 Å². The van der Waals surface area contributed by atoms with Gasteiger partial charge in [-0.15, -0.1) is 0 Å². The zero-order valence-electron chi connectivity index (χ0n) is 13.5. The maximum Gasteiger partial charge on any atom is 0.122 e. The van der Waals surface area contributed by atoms with E-state index in [1.54, 1.807) is 19.1 Å².